The largest absolute Gasteiger partial charge is 0.388 e. The van der Waals surface area contributed by atoms with Gasteiger partial charge < -0.3 is 26.3 Å². The van der Waals surface area contributed by atoms with Crippen molar-refractivity contribution in [2.75, 3.05) is 18.6 Å². The van der Waals surface area contributed by atoms with Gasteiger partial charge in [-0.25, -0.2) is 9.59 Å². The number of ether oxygens (including phenoxy) is 1. The van der Waals surface area contributed by atoms with Gasteiger partial charge in [-0.05, 0) is 53.7 Å². The zero-order chi connectivity index (χ0) is 24.7. The minimum Gasteiger partial charge on any atom is -0.388 e. The summed E-state index contributed by atoms with van der Waals surface area (Å²) < 4.78 is 5.09. The molecule has 9 heteroatoms. The van der Waals surface area contributed by atoms with E-state index >= 15 is 0 Å². The van der Waals surface area contributed by atoms with Crippen LogP contribution in [0.4, 0.5) is 0 Å². The number of amides is 1. The second kappa shape index (κ2) is 11.4. The number of rotatable bonds is 10. The Hall–Kier alpha value is -3.01. The van der Waals surface area contributed by atoms with Gasteiger partial charge in [0.05, 0.1) is 11.0 Å². The van der Waals surface area contributed by atoms with E-state index in [4.69, 9.17) is 16.2 Å². The van der Waals surface area contributed by atoms with E-state index < -0.39 is 29.4 Å². The van der Waals surface area contributed by atoms with E-state index in [2.05, 4.69) is 5.32 Å². The first-order valence-electron chi connectivity index (χ1n) is 11.0. The number of thioether (sulfide) groups is 1. The van der Waals surface area contributed by atoms with Crippen LogP contribution in [0.2, 0.25) is 0 Å². The highest BCUT2D eigenvalue weighted by Crippen LogP contribution is 2.35. The van der Waals surface area contributed by atoms with Gasteiger partial charge in [-0.3, -0.25) is 4.79 Å². The maximum absolute atomic E-state index is 13.0. The van der Waals surface area contributed by atoms with Gasteiger partial charge in [0.25, 0.3) is 0 Å². The Morgan fingerprint density at radius 1 is 1.26 bits per heavy atom. The molecule has 1 aliphatic rings. The number of aldehydes is 1. The van der Waals surface area contributed by atoms with E-state index in [1.165, 1.54) is 6.07 Å². The number of hydrogen-bond donors (Lipinski definition) is 3. The van der Waals surface area contributed by atoms with Crippen molar-refractivity contribution in [3.63, 3.8) is 0 Å². The highest BCUT2D eigenvalue weighted by Gasteiger charge is 2.43. The molecule has 1 aliphatic heterocycles. The molecule has 2 aromatic rings. The normalized spacial score (nSPS) is 18.0. The summed E-state index contributed by atoms with van der Waals surface area (Å²) in [5.41, 5.74) is 12.7. The van der Waals surface area contributed by atoms with Crippen LogP contribution < -0.4 is 16.8 Å². The van der Waals surface area contributed by atoms with Gasteiger partial charge in [0, 0.05) is 19.0 Å². The summed E-state index contributed by atoms with van der Waals surface area (Å²) in [6, 6.07) is 12.6. The quantitative estimate of drug-likeness (QED) is 0.264. The van der Waals surface area contributed by atoms with Crippen LogP contribution in [0.1, 0.15) is 35.2 Å². The minimum absolute atomic E-state index is 0.0255. The molecule has 0 spiro atoms. The molecule has 180 valence electrons. The predicted molar refractivity (Wildman–Crippen MR) is 131 cm³/mol. The molecule has 0 bridgehead atoms. The topological polar surface area (TPSA) is 142 Å². The zero-order valence-corrected chi connectivity index (χ0v) is 19.8. The molecule has 5 N–H and O–H groups in total. The third-order valence-corrected chi connectivity index (χ3v) is 6.80. The van der Waals surface area contributed by atoms with Gasteiger partial charge in [-0.2, -0.15) is 11.8 Å². The van der Waals surface area contributed by atoms with Gasteiger partial charge in [0.1, 0.15) is 12.3 Å². The molecule has 0 aromatic heterocycles. The van der Waals surface area contributed by atoms with Crippen molar-refractivity contribution in [2.45, 2.75) is 36.8 Å². The molecule has 34 heavy (non-hydrogen) atoms. The van der Waals surface area contributed by atoms with Gasteiger partial charge in [0.2, 0.25) is 5.91 Å². The second-order valence-electron chi connectivity index (χ2n) is 8.24. The van der Waals surface area contributed by atoms with Crippen LogP contribution in [0, 0.1) is 0 Å². The van der Waals surface area contributed by atoms with Gasteiger partial charge >= 0.3 is 11.9 Å². The Kier molecular flexibility index (Phi) is 8.60. The number of benzene rings is 2. The van der Waals surface area contributed by atoms with Crippen molar-refractivity contribution in [1.82, 2.24) is 5.32 Å². The molecule has 1 unspecified atom stereocenters. The van der Waals surface area contributed by atoms with Gasteiger partial charge in [-0.15, -0.1) is 0 Å². The van der Waals surface area contributed by atoms with Crippen LogP contribution in [0.3, 0.4) is 0 Å². The first kappa shape index (κ1) is 25.6. The number of nitrogens with one attached hydrogen (secondary N) is 1. The van der Waals surface area contributed by atoms with Crippen molar-refractivity contribution < 1.29 is 23.9 Å². The number of hydrogen-bond acceptors (Lipinski definition) is 8. The van der Waals surface area contributed by atoms with Crippen molar-refractivity contribution in [3.05, 3.63) is 59.7 Å². The highest BCUT2D eigenvalue weighted by molar-refractivity contribution is 7.98. The summed E-state index contributed by atoms with van der Waals surface area (Å²) in [5, 5.41) is 2.84. The van der Waals surface area contributed by atoms with E-state index in [0.29, 0.717) is 41.7 Å². The maximum Gasteiger partial charge on any atom is 0.346 e. The van der Waals surface area contributed by atoms with Crippen LogP contribution >= 0.6 is 11.8 Å². The minimum atomic E-state index is -1.16. The highest BCUT2D eigenvalue weighted by atomic mass is 32.2. The fourth-order valence-electron chi connectivity index (χ4n) is 4.11. The Morgan fingerprint density at radius 2 is 2.00 bits per heavy atom. The van der Waals surface area contributed by atoms with Crippen molar-refractivity contribution in [2.24, 2.45) is 11.5 Å². The maximum atomic E-state index is 13.0. The van der Waals surface area contributed by atoms with Gasteiger partial charge in [-0.1, -0.05) is 36.4 Å². The van der Waals surface area contributed by atoms with E-state index in [0.717, 1.165) is 6.29 Å². The number of carbonyl (C=O) groups is 4. The molecule has 1 fully saturated rings. The lowest BCUT2D eigenvalue weighted by Crippen LogP contribution is -2.52. The zero-order valence-electron chi connectivity index (χ0n) is 19.0. The molecule has 3 rings (SSSR count). The molecule has 0 radical (unpaired) electrons. The van der Waals surface area contributed by atoms with Gasteiger partial charge in [0.15, 0.2) is 0 Å². The van der Waals surface area contributed by atoms with Crippen LogP contribution in [0.5, 0.6) is 0 Å². The first-order chi connectivity index (χ1) is 16.4. The predicted octanol–water partition coefficient (Wildman–Crippen LogP) is 1.79. The first-order valence-corrected chi connectivity index (χ1v) is 12.4. The SMILES string of the molecule is CSCC[C@H](N)C(=O)OC(=O)c1ccc(C(C=O)(CN)[C@@H]2CCC(=O)N2)cc1-c1ccccc1. The van der Waals surface area contributed by atoms with Crippen molar-refractivity contribution in [3.8, 4) is 11.1 Å². The standard InChI is InChI=1S/C25H29N3O5S/c1-34-12-11-20(27)24(32)33-23(31)18-8-7-17(13-19(18)16-5-3-2-4-6-16)25(14-26,15-29)21-9-10-22(30)28-21/h2-8,13,15,20-21H,9-12,14,26-27H2,1H3,(H,28,30)/t20-,21-,25?/m0/s1. The molecule has 0 saturated carbocycles. The lowest BCUT2D eigenvalue weighted by atomic mass is 9.73. The Labute approximate surface area is 202 Å². The third-order valence-electron chi connectivity index (χ3n) is 6.16. The number of nitrogens with two attached hydrogens (primary N) is 2. The molecule has 1 saturated heterocycles. The summed E-state index contributed by atoms with van der Waals surface area (Å²) in [6.07, 6.45) is 3.84. The summed E-state index contributed by atoms with van der Waals surface area (Å²) in [6.45, 7) is -0.0255. The number of carbonyl (C=O) groups excluding carboxylic acids is 4. The molecule has 1 heterocycles. The van der Waals surface area contributed by atoms with Crippen LogP contribution in [0.15, 0.2) is 48.5 Å². The molecule has 8 nitrogen and oxygen atoms in total. The van der Waals surface area contributed by atoms with E-state index in [1.54, 1.807) is 23.9 Å². The summed E-state index contributed by atoms with van der Waals surface area (Å²) in [7, 11) is 0. The molecule has 3 atom stereocenters. The van der Waals surface area contributed by atoms with E-state index in [-0.39, 0.29) is 18.0 Å². The molecular formula is C25H29N3O5S. The van der Waals surface area contributed by atoms with Crippen molar-refractivity contribution in [1.29, 1.82) is 0 Å². The summed E-state index contributed by atoms with van der Waals surface area (Å²) >= 11 is 1.54. The number of esters is 2. The fourth-order valence-corrected chi connectivity index (χ4v) is 4.60. The summed E-state index contributed by atoms with van der Waals surface area (Å²) in [4.78, 5) is 49.5. The van der Waals surface area contributed by atoms with Crippen LogP contribution in [0.25, 0.3) is 11.1 Å². The Morgan fingerprint density at radius 3 is 2.59 bits per heavy atom. The molecular weight excluding hydrogens is 454 g/mol. The molecule has 2 aromatic carbocycles. The fraction of sp³-hybridized carbons (Fsp3) is 0.360. The Bertz CT molecular complexity index is 1060. The summed E-state index contributed by atoms with van der Waals surface area (Å²) in [5.74, 6) is -1.09. The molecule has 1 amide bonds. The Balaban J connectivity index is 2.02. The molecule has 0 aliphatic carbocycles. The second-order valence-corrected chi connectivity index (χ2v) is 9.23. The average molecular weight is 484 g/mol. The smallest absolute Gasteiger partial charge is 0.346 e. The monoisotopic (exact) mass is 483 g/mol. The van der Waals surface area contributed by atoms with Crippen molar-refractivity contribution >= 4 is 35.9 Å². The van der Waals surface area contributed by atoms with Crippen LogP contribution in [-0.4, -0.2) is 54.8 Å². The van der Waals surface area contributed by atoms with Crippen LogP contribution in [-0.2, 0) is 24.5 Å². The lowest BCUT2D eigenvalue weighted by Gasteiger charge is -2.33. The third kappa shape index (κ3) is 5.38. The average Bonchev–Trinajstić information content (AvgIpc) is 3.30. The lowest BCUT2D eigenvalue weighted by molar-refractivity contribution is -0.139. The van der Waals surface area contributed by atoms with E-state index in [9.17, 15) is 19.2 Å². The van der Waals surface area contributed by atoms with E-state index in [1.807, 2.05) is 36.6 Å².